The van der Waals surface area contributed by atoms with Crippen molar-refractivity contribution in [2.45, 2.75) is 43.1 Å². The normalized spacial score (nSPS) is 41.2. The van der Waals surface area contributed by atoms with E-state index in [0.717, 1.165) is 30.7 Å². The number of likely N-dealkylation sites (N-methyl/N-ethyl adjacent to an activating group) is 1. The molecule has 0 amide bonds. The van der Waals surface area contributed by atoms with Gasteiger partial charge in [-0.15, -0.1) is 0 Å². The second-order valence-corrected chi connectivity index (χ2v) is 7.23. The Labute approximate surface area is 130 Å². The lowest BCUT2D eigenvalue weighted by atomic mass is 9.53. The highest BCUT2D eigenvalue weighted by Gasteiger charge is 2.63. The maximum absolute atomic E-state index is 10.5. The maximum atomic E-state index is 10.5. The summed E-state index contributed by atoms with van der Waals surface area (Å²) < 4.78 is 6.27. The molecule has 5 rings (SSSR count). The van der Waals surface area contributed by atoms with E-state index >= 15 is 0 Å². The summed E-state index contributed by atoms with van der Waals surface area (Å²) in [5, 5.41) is 20.2. The number of aliphatic hydroxyl groups is 2. The predicted molar refractivity (Wildman–Crippen MR) is 81.8 cm³/mol. The Hall–Kier alpha value is -1.36. The van der Waals surface area contributed by atoms with Crippen LogP contribution in [0.25, 0.3) is 0 Å². The number of aliphatic hydroxyl groups excluding tert-OH is 2. The van der Waals surface area contributed by atoms with Crippen LogP contribution in [0.3, 0.4) is 0 Å². The van der Waals surface area contributed by atoms with Gasteiger partial charge in [0.25, 0.3) is 0 Å². The summed E-state index contributed by atoms with van der Waals surface area (Å²) >= 11 is 0. The summed E-state index contributed by atoms with van der Waals surface area (Å²) in [6.45, 7) is 1.02. The number of nitrogens with zero attached hydrogens (tertiary/aromatic N) is 1. The van der Waals surface area contributed by atoms with Crippen LogP contribution in [-0.2, 0) is 18.4 Å². The summed E-state index contributed by atoms with van der Waals surface area (Å²) in [6, 6.07) is 4.62. The minimum atomic E-state index is -0.565. The highest BCUT2D eigenvalue weighted by Crippen LogP contribution is 2.61. The van der Waals surface area contributed by atoms with Gasteiger partial charge in [-0.2, -0.15) is 0 Å². The third kappa shape index (κ3) is 1.31. The molecule has 1 aromatic rings. The number of benzene rings is 1. The van der Waals surface area contributed by atoms with Crippen LogP contribution in [0.4, 0.5) is 0 Å². The van der Waals surface area contributed by atoms with Crippen molar-refractivity contribution in [3.8, 4) is 5.75 Å². The first-order valence-electron chi connectivity index (χ1n) is 8.16. The number of piperidine rings is 1. The third-order valence-electron chi connectivity index (χ3n) is 6.42. The zero-order chi connectivity index (χ0) is 15.1. The first-order valence-corrected chi connectivity index (χ1v) is 8.16. The van der Waals surface area contributed by atoms with Crippen molar-refractivity contribution in [1.82, 2.24) is 4.90 Å². The Kier molecular flexibility index (Phi) is 2.46. The van der Waals surface area contributed by atoms with Crippen LogP contribution in [0.5, 0.6) is 5.75 Å². The minimum absolute atomic E-state index is 0.0110. The van der Waals surface area contributed by atoms with Crippen molar-refractivity contribution in [3.05, 3.63) is 41.0 Å². The van der Waals surface area contributed by atoms with Gasteiger partial charge in [-0.3, -0.25) is 0 Å². The Morgan fingerprint density at radius 3 is 3.05 bits per heavy atom. The van der Waals surface area contributed by atoms with E-state index < -0.39 is 6.10 Å². The fourth-order valence-corrected chi connectivity index (χ4v) is 5.43. The third-order valence-corrected chi connectivity index (χ3v) is 6.42. The van der Waals surface area contributed by atoms with Crippen molar-refractivity contribution in [1.29, 1.82) is 0 Å². The molecule has 1 spiro atoms. The standard InChI is InChI=1S/C18H21NO3/c1-19-7-6-18-12-4-5-14(21)17(18)22-16-11(9-20)3-2-10(15(16)18)8-13(12)19/h2-5,12-14,17,20-21H,6-9H2,1H3/t12-,13?,14?,17?,18-/m0/s1. The van der Waals surface area contributed by atoms with E-state index in [1.54, 1.807) is 0 Å². The van der Waals surface area contributed by atoms with E-state index in [2.05, 4.69) is 24.1 Å². The summed E-state index contributed by atoms with van der Waals surface area (Å²) in [5.41, 5.74) is 3.36. The van der Waals surface area contributed by atoms with Crippen LogP contribution < -0.4 is 4.74 Å². The molecule has 3 unspecified atom stereocenters. The van der Waals surface area contributed by atoms with Crippen molar-refractivity contribution in [3.63, 3.8) is 0 Å². The van der Waals surface area contributed by atoms with Crippen LogP contribution in [0.1, 0.15) is 23.1 Å². The quantitative estimate of drug-likeness (QED) is 0.759. The number of rotatable bonds is 1. The van der Waals surface area contributed by atoms with Gasteiger partial charge in [0.15, 0.2) is 0 Å². The molecule has 0 aromatic heterocycles. The van der Waals surface area contributed by atoms with Gasteiger partial charge in [0.2, 0.25) is 0 Å². The van der Waals surface area contributed by atoms with Gasteiger partial charge in [-0.25, -0.2) is 0 Å². The molecule has 2 bridgehead atoms. The van der Waals surface area contributed by atoms with E-state index in [1.165, 1.54) is 11.1 Å². The number of ether oxygens (including phenoxy) is 1. The van der Waals surface area contributed by atoms with Crippen molar-refractivity contribution < 1.29 is 14.9 Å². The Bertz CT molecular complexity index is 685. The fourth-order valence-electron chi connectivity index (χ4n) is 5.43. The SMILES string of the molecule is CN1CC[C@]23c4c5ccc(CO)c4OC2C(O)C=C[C@H]3C1C5. The zero-order valence-electron chi connectivity index (χ0n) is 12.7. The first-order chi connectivity index (χ1) is 10.7. The molecule has 0 radical (unpaired) electrons. The molecule has 4 nitrogen and oxygen atoms in total. The van der Waals surface area contributed by atoms with Crippen molar-refractivity contribution in [2.24, 2.45) is 5.92 Å². The van der Waals surface area contributed by atoms with Gasteiger partial charge in [-0.1, -0.05) is 24.3 Å². The molecule has 2 heterocycles. The van der Waals surface area contributed by atoms with Crippen LogP contribution >= 0.6 is 0 Å². The average molecular weight is 299 g/mol. The molecule has 5 atom stereocenters. The number of hydrogen-bond donors (Lipinski definition) is 2. The molecule has 2 N–H and O–H groups in total. The average Bonchev–Trinajstić information content (AvgIpc) is 2.88. The van der Waals surface area contributed by atoms with E-state index in [4.69, 9.17) is 4.74 Å². The van der Waals surface area contributed by atoms with E-state index in [0.29, 0.717) is 12.0 Å². The summed E-state index contributed by atoms with van der Waals surface area (Å²) in [4.78, 5) is 2.45. The predicted octanol–water partition coefficient (Wildman–Crippen LogP) is 0.985. The zero-order valence-corrected chi connectivity index (χ0v) is 12.7. The van der Waals surface area contributed by atoms with Gasteiger partial charge in [0, 0.05) is 28.5 Å². The van der Waals surface area contributed by atoms with Crippen LogP contribution in [0, 0.1) is 5.92 Å². The first kappa shape index (κ1) is 13.1. The van der Waals surface area contributed by atoms with Gasteiger partial charge >= 0.3 is 0 Å². The van der Waals surface area contributed by atoms with Gasteiger partial charge in [0.1, 0.15) is 18.0 Å². The molecule has 1 fully saturated rings. The van der Waals surface area contributed by atoms with E-state index in [1.807, 2.05) is 12.1 Å². The van der Waals surface area contributed by atoms with E-state index in [-0.39, 0.29) is 18.1 Å². The van der Waals surface area contributed by atoms with Gasteiger partial charge in [0.05, 0.1) is 6.61 Å². The number of likely N-dealkylation sites (tertiary alicyclic amines) is 1. The summed E-state index contributed by atoms with van der Waals surface area (Å²) in [7, 11) is 2.20. The highest BCUT2D eigenvalue weighted by molar-refractivity contribution is 5.59. The molecule has 0 saturated carbocycles. The molecule has 116 valence electrons. The second kappa shape index (κ2) is 4.13. The molecule has 1 saturated heterocycles. The molecule has 1 aromatic carbocycles. The Balaban J connectivity index is 1.82. The number of hydrogen-bond acceptors (Lipinski definition) is 4. The smallest absolute Gasteiger partial charge is 0.138 e. The topological polar surface area (TPSA) is 52.9 Å². The lowest BCUT2D eigenvalue weighted by molar-refractivity contribution is -0.0453. The van der Waals surface area contributed by atoms with Crippen LogP contribution in [0.2, 0.25) is 0 Å². The van der Waals surface area contributed by atoms with Crippen LogP contribution in [-0.4, -0.2) is 47.0 Å². The molecule has 22 heavy (non-hydrogen) atoms. The molecule has 2 aliphatic heterocycles. The van der Waals surface area contributed by atoms with E-state index in [9.17, 15) is 10.2 Å². The lowest BCUT2D eigenvalue weighted by Gasteiger charge is -2.56. The van der Waals surface area contributed by atoms with Crippen molar-refractivity contribution >= 4 is 0 Å². The second-order valence-electron chi connectivity index (χ2n) is 7.23. The molecule has 4 heteroatoms. The van der Waals surface area contributed by atoms with Gasteiger partial charge < -0.3 is 19.8 Å². The van der Waals surface area contributed by atoms with Crippen molar-refractivity contribution in [2.75, 3.05) is 13.6 Å². The van der Waals surface area contributed by atoms with Crippen LogP contribution in [0.15, 0.2) is 24.3 Å². The summed E-state index contributed by atoms with van der Waals surface area (Å²) in [6.07, 6.45) is 5.38. The molecule has 4 aliphatic rings. The molecular formula is C18H21NO3. The largest absolute Gasteiger partial charge is 0.486 e. The lowest BCUT2D eigenvalue weighted by Crippen LogP contribution is -2.64. The monoisotopic (exact) mass is 299 g/mol. The fraction of sp³-hybridized carbons (Fsp3) is 0.556. The Morgan fingerprint density at radius 1 is 1.36 bits per heavy atom. The highest BCUT2D eigenvalue weighted by atomic mass is 16.5. The maximum Gasteiger partial charge on any atom is 0.138 e. The Morgan fingerprint density at radius 2 is 2.23 bits per heavy atom. The van der Waals surface area contributed by atoms with Gasteiger partial charge in [-0.05, 0) is 32.0 Å². The molecular weight excluding hydrogens is 278 g/mol. The summed E-state index contributed by atoms with van der Waals surface area (Å²) in [5.74, 6) is 1.24. The molecule has 2 aliphatic carbocycles. The minimum Gasteiger partial charge on any atom is -0.486 e.